The van der Waals surface area contributed by atoms with Gasteiger partial charge >= 0.3 is 0 Å². The number of nitrogens with one attached hydrogen (secondary N) is 1. The molecule has 0 saturated heterocycles. The van der Waals surface area contributed by atoms with Gasteiger partial charge in [-0.2, -0.15) is 0 Å². The molecule has 3 aromatic rings. The smallest absolute Gasteiger partial charge is 0.232 e. The van der Waals surface area contributed by atoms with E-state index in [0.29, 0.717) is 11.0 Å². The number of amides is 1. The molecule has 170 valence electrons. The summed E-state index contributed by atoms with van der Waals surface area (Å²) in [4.78, 5) is 17.4. The second kappa shape index (κ2) is 10.3. The van der Waals surface area contributed by atoms with E-state index < -0.39 is 5.41 Å². The van der Waals surface area contributed by atoms with E-state index in [1.807, 2.05) is 45.2 Å². The first-order chi connectivity index (χ1) is 15.2. The van der Waals surface area contributed by atoms with E-state index in [-0.39, 0.29) is 17.9 Å². The van der Waals surface area contributed by atoms with E-state index in [2.05, 4.69) is 60.5 Å². The molecule has 1 amide bonds. The Kier molecular flexibility index (Phi) is 7.73. The zero-order valence-electron chi connectivity index (χ0n) is 19.9. The Balaban J connectivity index is 1.82. The molecule has 1 unspecified atom stereocenters. The lowest BCUT2D eigenvalue weighted by Crippen LogP contribution is -2.37. The van der Waals surface area contributed by atoms with Crippen molar-refractivity contribution < 1.29 is 9.53 Å². The highest BCUT2D eigenvalue weighted by atomic mass is 32.1. The lowest BCUT2D eigenvalue weighted by Gasteiger charge is -2.34. The zero-order chi connectivity index (χ0) is 23.3. The molecule has 32 heavy (non-hydrogen) atoms. The Morgan fingerprint density at radius 1 is 1.00 bits per heavy atom. The number of carbonyl (C=O) groups excluding carboxylic acids is 1. The maximum absolute atomic E-state index is 13.2. The van der Waals surface area contributed by atoms with E-state index in [1.165, 1.54) is 16.9 Å². The first kappa shape index (κ1) is 24.0. The highest BCUT2D eigenvalue weighted by Gasteiger charge is 2.38. The number of nitrogens with zero attached hydrogens (tertiary/aromatic N) is 1. The van der Waals surface area contributed by atoms with Gasteiger partial charge < -0.3 is 10.1 Å². The van der Waals surface area contributed by atoms with Gasteiger partial charge in [0.15, 0.2) is 5.13 Å². The first-order valence-electron chi connectivity index (χ1n) is 11.2. The molecular weight excluding hydrogens is 416 g/mol. The molecule has 1 atom stereocenters. The number of hydrogen-bond acceptors (Lipinski definition) is 4. The summed E-state index contributed by atoms with van der Waals surface area (Å²) in [6.07, 6.45) is 2.80. The summed E-state index contributed by atoms with van der Waals surface area (Å²) >= 11 is 1.44. The van der Waals surface area contributed by atoms with Crippen LogP contribution in [0.15, 0.2) is 60.1 Å². The standard InChI is InChI=1S/C27H34N2O2S/c1-18(2)17-24(27(5,6)25(30)29-26-28-15-16-32-26)22-9-7-20(8-10-22)21-11-13-23(14-12-21)31-19(3)4/h7-16,18-19,24H,17H2,1-6H3,(H,28,29,30). The maximum atomic E-state index is 13.2. The molecule has 0 aliphatic rings. The first-order valence-corrected chi connectivity index (χ1v) is 12.1. The fraction of sp³-hybridized carbons (Fsp3) is 0.407. The lowest BCUT2D eigenvalue weighted by atomic mass is 9.70. The van der Waals surface area contributed by atoms with Gasteiger partial charge in [-0.05, 0) is 60.9 Å². The fourth-order valence-electron chi connectivity index (χ4n) is 3.93. The van der Waals surface area contributed by atoms with Crippen LogP contribution in [0.25, 0.3) is 11.1 Å². The van der Waals surface area contributed by atoms with Crippen LogP contribution in [0, 0.1) is 11.3 Å². The van der Waals surface area contributed by atoms with Crippen LogP contribution < -0.4 is 10.1 Å². The minimum atomic E-state index is -0.576. The van der Waals surface area contributed by atoms with E-state index in [1.54, 1.807) is 6.20 Å². The van der Waals surface area contributed by atoms with Gasteiger partial charge in [-0.25, -0.2) is 4.98 Å². The predicted octanol–water partition coefficient (Wildman–Crippen LogP) is 7.39. The molecule has 0 saturated carbocycles. The highest BCUT2D eigenvalue weighted by Crippen LogP contribution is 2.41. The van der Waals surface area contributed by atoms with Gasteiger partial charge in [-0.15, -0.1) is 11.3 Å². The van der Waals surface area contributed by atoms with Crippen LogP contribution in [0.5, 0.6) is 5.75 Å². The van der Waals surface area contributed by atoms with Crippen LogP contribution in [0.1, 0.15) is 59.4 Å². The molecule has 2 aromatic carbocycles. The van der Waals surface area contributed by atoms with Crippen molar-refractivity contribution in [2.45, 2.75) is 60.0 Å². The summed E-state index contributed by atoms with van der Waals surface area (Å²) in [5.41, 5.74) is 2.90. The number of rotatable bonds is 9. The van der Waals surface area contributed by atoms with Crippen LogP contribution >= 0.6 is 11.3 Å². The molecule has 4 nitrogen and oxygen atoms in total. The number of aromatic nitrogens is 1. The van der Waals surface area contributed by atoms with Crippen LogP contribution in [-0.4, -0.2) is 17.0 Å². The van der Waals surface area contributed by atoms with Gasteiger partial charge in [0.25, 0.3) is 0 Å². The van der Waals surface area contributed by atoms with Crippen molar-refractivity contribution in [3.05, 3.63) is 65.7 Å². The van der Waals surface area contributed by atoms with Crippen LogP contribution in [0.3, 0.4) is 0 Å². The largest absolute Gasteiger partial charge is 0.491 e. The molecule has 0 fully saturated rings. The van der Waals surface area contributed by atoms with Gasteiger partial charge in [-0.3, -0.25) is 4.79 Å². The summed E-state index contributed by atoms with van der Waals surface area (Å²) in [6.45, 7) is 12.5. The lowest BCUT2D eigenvalue weighted by molar-refractivity contribution is -0.125. The minimum absolute atomic E-state index is 0.00270. The molecule has 1 aromatic heterocycles. The number of benzene rings is 2. The quantitative estimate of drug-likeness (QED) is 0.370. The summed E-state index contributed by atoms with van der Waals surface area (Å²) in [7, 11) is 0. The van der Waals surface area contributed by atoms with Gasteiger partial charge in [0.2, 0.25) is 5.91 Å². The highest BCUT2D eigenvalue weighted by molar-refractivity contribution is 7.13. The third kappa shape index (κ3) is 5.98. The SMILES string of the molecule is CC(C)CC(c1ccc(-c2ccc(OC(C)C)cc2)cc1)C(C)(C)C(=O)Nc1nccs1. The number of carbonyl (C=O) groups is 1. The van der Waals surface area contributed by atoms with Crippen LogP contribution in [0.2, 0.25) is 0 Å². The molecule has 0 radical (unpaired) electrons. The van der Waals surface area contributed by atoms with Crippen molar-refractivity contribution >= 4 is 22.4 Å². The molecule has 5 heteroatoms. The van der Waals surface area contributed by atoms with Crippen molar-refractivity contribution in [3.8, 4) is 16.9 Å². The Hall–Kier alpha value is -2.66. The average Bonchev–Trinajstić information content (AvgIpc) is 3.25. The van der Waals surface area contributed by atoms with Gasteiger partial charge in [0.1, 0.15) is 5.75 Å². The number of hydrogen-bond donors (Lipinski definition) is 1. The van der Waals surface area contributed by atoms with Crippen molar-refractivity contribution in [1.29, 1.82) is 0 Å². The van der Waals surface area contributed by atoms with Crippen molar-refractivity contribution in [2.75, 3.05) is 5.32 Å². The number of ether oxygens (including phenoxy) is 1. The molecular formula is C27H34N2O2S. The molecule has 0 aliphatic heterocycles. The van der Waals surface area contributed by atoms with E-state index in [4.69, 9.17) is 4.74 Å². The maximum Gasteiger partial charge on any atom is 0.232 e. The zero-order valence-corrected chi connectivity index (χ0v) is 20.7. The Bertz CT molecular complexity index is 991. The Morgan fingerprint density at radius 2 is 1.59 bits per heavy atom. The third-order valence-corrected chi connectivity index (χ3v) is 6.38. The molecule has 3 rings (SSSR count). The monoisotopic (exact) mass is 450 g/mol. The van der Waals surface area contributed by atoms with Crippen LogP contribution in [-0.2, 0) is 4.79 Å². The van der Waals surface area contributed by atoms with E-state index >= 15 is 0 Å². The molecule has 0 aliphatic carbocycles. The summed E-state index contributed by atoms with van der Waals surface area (Å²) in [6, 6.07) is 16.8. The number of anilines is 1. The van der Waals surface area contributed by atoms with Gasteiger partial charge in [-0.1, -0.05) is 64.1 Å². The summed E-state index contributed by atoms with van der Waals surface area (Å²) < 4.78 is 5.75. The molecule has 0 bridgehead atoms. The number of thiazole rings is 1. The van der Waals surface area contributed by atoms with E-state index in [0.717, 1.165) is 23.3 Å². The molecule has 1 N–H and O–H groups in total. The topological polar surface area (TPSA) is 51.2 Å². The average molecular weight is 451 g/mol. The normalized spacial score (nSPS) is 12.8. The fourth-order valence-corrected chi connectivity index (χ4v) is 4.45. The van der Waals surface area contributed by atoms with Crippen molar-refractivity contribution in [2.24, 2.45) is 11.3 Å². The second-order valence-electron chi connectivity index (χ2n) is 9.51. The predicted molar refractivity (Wildman–Crippen MR) is 134 cm³/mol. The molecule has 0 spiro atoms. The van der Waals surface area contributed by atoms with E-state index in [9.17, 15) is 4.79 Å². The Labute approximate surface area is 196 Å². The minimum Gasteiger partial charge on any atom is -0.491 e. The van der Waals surface area contributed by atoms with Gasteiger partial charge in [0.05, 0.1) is 11.5 Å². The van der Waals surface area contributed by atoms with Crippen LogP contribution in [0.4, 0.5) is 5.13 Å². The molecule has 1 heterocycles. The second-order valence-corrected chi connectivity index (χ2v) is 10.4. The van der Waals surface area contributed by atoms with Crippen molar-refractivity contribution in [1.82, 2.24) is 4.98 Å². The van der Waals surface area contributed by atoms with Gasteiger partial charge in [0, 0.05) is 11.6 Å². The Morgan fingerprint density at radius 3 is 2.09 bits per heavy atom. The van der Waals surface area contributed by atoms with Crippen molar-refractivity contribution in [3.63, 3.8) is 0 Å². The third-order valence-electron chi connectivity index (χ3n) is 5.69. The summed E-state index contributed by atoms with van der Waals surface area (Å²) in [5.74, 6) is 1.45. The summed E-state index contributed by atoms with van der Waals surface area (Å²) in [5, 5.41) is 5.51.